The van der Waals surface area contributed by atoms with Crippen LogP contribution in [-0.4, -0.2) is 9.97 Å². The maximum absolute atomic E-state index is 12.7. The molecule has 0 aliphatic carbocycles. The van der Waals surface area contributed by atoms with Crippen LogP contribution < -0.4 is 5.73 Å². The topological polar surface area (TPSA) is 51.8 Å². The number of halogens is 3. The fourth-order valence-corrected chi connectivity index (χ4v) is 1.48. The van der Waals surface area contributed by atoms with Gasteiger partial charge in [-0.2, -0.15) is 13.2 Å². The fourth-order valence-electron chi connectivity index (χ4n) is 1.48. The van der Waals surface area contributed by atoms with E-state index < -0.39 is 11.9 Å². The molecule has 16 heavy (non-hydrogen) atoms. The average Bonchev–Trinajstić information content (AvgIpc) is 2.14. The van der Waals surface area contributed by atoms with Crippen molar-refractivity contribution in [2.75, 3.05) is 5.73 Å². The van der Waals surface area contributed by atoms with Crippen LogP contribution in [0.3, 0.4) is 0 Å². The molecule has 0 atom stereocenters. The van der Waals surface area contributed by atoms with Crippen molar-refractivity contribution < 1.29 is 13.2 Å². The van der Waals surface area contributed by atoms with E-state index in [2.05, 4.69) is 9.97 Å². The van der Waals surface area contributed by atoms with Crippen molar-refractivity contribution in [3.8, 4) is 0 Å². The molecule has 0 aliphatic heterocycles. The minimum atomic E-state index is -4.48. The molecule has 2 N–H and O–H groups in total. The highest BCUT2D eigenvalue weighted by Crippen LogP contribution is 2.33. The minimum absolute atomic E-state index is 0.0349. The van der Waals surface area contributed by atoms with Gasteiger partial charge in [-0.3, -0.25) is 0 Å². The molecule has 0 amide bonds. The van der Waals surface area contributed by atoms with Gasteiger partial charge in [0.05, 0.1) is 5.52 Å². The summed E-state index contributed by atoms with van der Waals surface area (Å²) in [6.07, 6.45) is -4.48. The van der Waals surface area contributed by atoms with Gasteiger partial charge in [0.15, 0.2) is 5.69 Å². The van der Waals surface area contributed by atoms with Crippen molar-refractivity contribution >= 4 is 16.6 Å². The van der Waals surface area contributed by atoms with Gasteiger partial charge in [-0.1, -0.05) is 0 Å². The first-order valence-electron chi connectivity index (χ1n) is 4.49. The summed E-state index contributed by atoms with van der Waals surface area (Å²) in [5.41, 5.74) is 5.15. The molecule has 1 heterocycles. The second-order valence-electron chi connectivity index (χ2n) is 3.39. The van der Waals surface area contributed by atoms with Crippen molar-refractivity contribution in [3.05, 3.63) is 29.7 Å². The summed E-state index contributed by atoms with van der Waals surface area (Å²) in [7, 11) is 0. The van der Waals surface area contributed by atoms with Gasteiger partial charge in [0.2, 0.25) is 0 Å². The third-order valence-electron chi connectivity index (χ3n) is 2.10. The molecule has 1 aromatic heterocycles. The van der Waals surface area contributed by atoms with Gasteiger partial charge in [0.25, 0.3) is 0 Å². The molecule has 0 aliphatic rings. The molecule has 1 aromatic carbocycles. The lowest BCUT2D eigenvalue weighted by molar-refractivity contribution is -0.139. The van der Waals surface area contributed by atoms with Crippen molar-refractivity contribution in [3.63, 3.8) is 0 Å². The van der Waals surface area contributed by atoms with Crippen LogP contribution in [0.25, 0.3) is 10.9 Å². The van der Waals surface area contributed by atoms with Crippen molar-refractivity contribution in [1.82, 2.24) is 9.97 Å². The van der Waals surface area contributed by atoms with Crippen LogP contribution in [0.2, 0.25) is 0 Å². The van der Waals surface area contributed by atoms with E-state index in [4.69, 9.17) is 5.73 Å². The Morgan fingerprint density at radius 1 is 1.19 bits per heavy atom. The van der Waals surface area contributed by atoms with Crippen LogP contribution in [-0.2, 0) is 6.18 Å². The predicted molar refractivity (Wildman–Crippen MR) is 53.7 cm³/mol. The molecule has 2 aromatic rings. The van der Waals surface area contributed by atoms with Crippen LogP contribution >= 0.6 is 0 Å². The Kier molecular flexibility index (Phi) is 2.22. The highest BCUT2D eigenvalue weighted by atomic mass is 19.4. The molecule has 0 fully saturated rings. The van der Waals surface area contributed by atoms with Gasteiger partial charge >= 0.3 is 6.18 Å². The number of rotatable bonds is 0. The number of alkyl halides is 3. The number of fused-ring (bicyclic) bond motifs is 1. The van der Waals surface area contributed by atoms with Crippen LogP contribution in [0.4, 0.5) is 18.9 Å². The molecule has 6 heteroatoms. The molecule has 0 bridgehead atoms. The van der Waals surface area contributed by atoms with E-state index in [1.54, 1.807) is 0 Å². The van der Waals surface area contributed by atoms with Gasteiger partial charge in [0.1, 0.15) is 5.82 Å². The predicted octanol–water partition coefficient (Wildman–Crippen LogP) is 2.54. The van der Waals surface area contributed by atoms with E-state index in [1.165, 1.54) is 25.1 Å². The van der Waals surface area contributed by atoms with E-state index in [0.717, 1.165) is 0 Å². The van der Waals surface area contributed by atoms with E-state index >= 15 is 0 Å². The monoisotopic (exact) mass is 227 g/mol. The maximum atomic E-state index is 12.7. The van der Waals surface area contributed by atoms with E-state index in [-0.39, 0.29) is 16.7 Å². The number of hydrogen-bond donors (Lipinski definition) is 1. The van der Waals surface area contributed by atoms with Gasteiger partial charge in [-0.25, -0.2) is 9.97 Å². The normalized spacial score (nSPS) is 12.0. The first-order valence-corrected chi connectivity index (χ1v) is 4.49. The van der Waals surface area contributed by atoms with Crippen LogP contribution in [0.5, 0.6) is 0 Å². The molecule has 0 spiro atoms. The van der Waals surface area contributed by atoms with E-state index in [9.17, 15) is 13.2 Å². The van der Waals surface area contributed by atoms with Gasteiger partial charge in [-0.05, 0) is 25.1 Å². The van der Waals surface area contributed by atoms with Gasteiger partial charge < -0.3 is 5.73 Å². The molecular formula is C10H8F3N3. The Morgan fingerprint density at radius 3 is 2.50 bits per heavy atom. The Hall–Kier alpha value is -1.85. The first kappa shape index (κ1) is 10.7. The van der Waals surface area contributed by atoms with E-state index in [1.807, 2.05) is 0 Å². The summed E-state index contributed by atoms with van der Waals surface area (Å²) in [6.45, 7) is 1.41. The molecule has 0 unspecified atom stereocenters. The zero-order valence-corrected chi connectivity index (χ0v) is 8.34. The number of benzene rings is 1. The Bertz CT molecular complexity index is 543. The maximum Gasteiger partial charge on any atom is 0.434 e. The summed E-state index contributed by atoms with van der Waals surface area (Å²) >= 11 is 0. The van der Waals surface area contributed by atoms with Crippen molar-refractivity contribution in [2.24, 2.45) is 0 Å². The molecule has 2 rings (SSSR count). The molecule has 0 saturated heterocycles. The summed E-state index contributed by atoms with van der Waals surface area (Å²) in [5.74, 6) is 0.0745. The minimum Gasteiger partial charge on any atom is -0.399 e. The second-order valence-corrected chi connectivity index (χ2v) is 3.39. The number of nitrogen functional groups attached to an aromatic ring is 1. The summed E-state index contributed by atoms with van der Waals surface area (Å²) in [4.78, 5) is 7.34. The number of aryl methyl sites for hydroxylation is 1. The number of hydrogen-bond acceptors (Lipinski definition) is 3. The third-order valence-corrected chi connectivity index (χ3v) is 2.10. The molecule has 84 valence electrons. The fraction of sp³-hybridized carbons (Fsp3) is 0.200. The molecular weight excluding hydrogens is 219 g/mol. The molecule has 0 saturated carbocycles. The number of aromatic nitrogens is 2. The van der Waals surface area contributed by atoms with Crippen LogP contribution in [0.1, 0.15) is 11.5 Å². The summed E-state index contributed by atoms with van der Waals surface area (Å²) in [5, 5.41) is -0.0349. The number of nitrogens with zero attached hydrogens (tertiary/aromatic N) is 2. The Morgan fingerprint density at radius 2 is 1.88 bits per heavy atom. The lowest BCUT2D eigenvalue weighted by Crippen LogP contribution is -2.11. The highest BCUT2D eigenvalue weighted by Gasteiger charge is 2.35. The third kappa shape index (κ3) is 1.78. The number of nitrogens with two attached hydrogens (primary N) is 1. The zero-order valence-electron chi connectivity index (χ0n) is 8.34. The SMILES string of the molecule is Cc1nc(C(F)(F)F)c2ccc(N)cc2n1. The van der Waals surface area contributed by atoms with Crippen molar-refractivity contribution in [2.45, 2.75) is 13.1 Å². The first-order chi connectivity index (χ1) is 7.38. The standard InChI is InChI=1S/C10H8F3N3/c1-5-15-8-4-6(14)2-3-7(8)9(16-5)10(11,12)13/h2-4H,14H2,1H3. The van der Waals surface area contributed by atoms with Gasteiger partial charge in [-0.15, -0.1) is 0 Å². The number of anilines is 1. The average molecular weight is 227 g/mol. The zero-order chi connectivity index (χ0) is 11.9. The van der Waals surface area contributed by atoms with Crippen molar-refractivity contribution in [1.29, 1.82) is 0 Å². The second kappa shape index (κ2) is 3.33. The molecule has 0 radical (unpaired) electrons. The summed E-state index contributed by atoms with van der Waals surface area (Å²) in [6, 6.07) is 4.09. The highest BCUT2D eigenvalue weighted by molar-refractivity contribution is 5.84. The van der Waals surface area contributed by atoms with Crippen LogP contribution in [0, 0.1) is 6.92 Å². The van der Waals surface area contributed by atoms with Crippen LogP contribution in [0.15, 0.2) is 18.2 Å². The lowest BCUT2D eigenvalue weighted by Gasteiger charge is -2.10. The Balaban J connectivity index is 2.83. The summed E-state index contributed by atoms with van der Waals surface area (Å²) < 4.78 is 38.0. The smallest absolute Gasteiger partial charge is 0.399 e. The van der Waals surface area contributed by atoms with E-state index in [0.29, 0.717) is 5.69 Å². The van der Waals surface area contributed by atoms with Gasteiger partial charge in [0, 0.05) is 11.1 Å². The Labute approximate surface area is 89.1 Å². The lowest BCUT2D eigenvalue weighted by atomic mass is 10.1. The largest absolute Gasteiger partial charge is 0.434 e. The molecule has 3 nitrogen and oxygen atoms in total. The quantitative estimate of drug-likeness (QED) is 0.703.